The first kappa shape index (κ1) is 20.4. The molecule has 0 unspecified atom stereocenters. The second kappa shape index (κ2) is 9.30. The molecule has 30 heavy (non-hydrogen) atoms. The number of ether oxygens (including phenoxy) is 1. The maximum Gasteiger partial charge on any atom is 0.387 e. The number of alkyl halides is 2. The number of anilines is 1. The van der Waals surface area contributed by atoms with E-state index in [1.165, 1.54) is 29.6 Å². The number of hydrogen-bond donors (Lipinski definition) is 1. The Labute approximate surface area is 177 Å². The molecule has 3 aromatic rings. The first-order valence-corrected chi connectivity index (χ1v) is 10.7. The van der Waals surface area contributed by atoms with E-state index >= 15 is 0 Å². The summed E-state index contributed by atoms with van der Waals surface area (Å²) in [5, 5.41) is 3.42. The van der Waals surface area contributed by atoms with Gasteiger partial charge in [-0.05, 0) is 49.9 Å². The van der Waals surface area contributed by atoms with Gasteiger partial charge in [0.1, 0.15) is 5.75 Å². The lowest BCUT2D eigenvalue weighted by Gasteiger charge is -2.15. The van der Waals surface area contributed by atoms with Crippen LogP contribution in [0.25, 0.3) is 5.69 Å². The Morgan fingerprint density at radius 3 is 2.63 bits per heavy atom. The van der Waals surface area contributed by atoms with Crippen LogP contribution in [0.5, 0.6) is 5.75 Å². The molecule has 4 rings (SSSR count). The maximum atomic E-state index is 12.6. The number of nitrogens with one attached hydrogen (secondary N) is 1. The lowest BCUT2D eigenvalue weighted by molar-refractivity contribution is -0.113. The van der Waals surface area contributed by atoms with Gasteiger partial charge in [0.15, 0.2) is 5.16 Å². The second-order valence-electron chi connectivity index (χ2n) is 6.88. The van der Waals surface area contributed by atoms with Gasteiger partial charge >= 0.3 is 6.61 Å². The normalized spacial score (nSPS) is 13.2. The van der Waals surface area contributed by atoms with Crippen molar-refractivity contribution in [2.75, 3.05) is 11.1 Å². The summed E-state index contributed by atoms with van der Waals surface area (Å²) >= 11 is 1.33. The summed E-state index contributed by atoms with van der Waals surface area (Å²) in [4.78, 5) is 17.3. The number of imidazole rings is 1. The zero-order chi connectivity index (χ0) is 20.9. The molecule has 0 radical (unpaired) electrons. The number of carbonyl (C=O) groups excluding carboxylic acids is 1. The van der Waals surface area contributed by atoms with E-state index in [2.05, 4.69) is 14.6 Å². The first-order chi connectivity index (χ1) is 14.6. The van der Waals surface area contributed by atoms with Crippen LogP contribution in [0, 0.1) is 0 Å². The van der Waals surface area contributed by atoms with Gasteiger partial charge in [-0.2, -0.15) is 8.78 Å². The van der Waals surface area contributed by atoms with Crippen LogP contribution >= 0.6 is 11.8 Å². The van der Waals surface area contributed by atoms with Crippen LogP contribution in [0.3, 0.4) is 0 Å². The third-order valence-electron chi connectivity index (χ3n) is 4.83. The molecule has 1 heterocycles. The summed E-state index contributed by atoms with van der Waals surface area (Å²) in [6, 6.07) is 16.1. The molecule has 2 aromatic carbocycles. The van der Waals surface area contributed by atoms with Gasteiger partial charge in [0, 0.05) is 11.4 Å². The topological polar surface area (TPSA) is 56.2 Å². The third kappa shape index (κ3) is 4.64. The fraction of sp³-hybridized carbons (Fsp3) is 0.273. The Hall–Kier alpha value is -2.87. The van der Waals surface area contributed by atoms with Gasteiger partial charge in [-0.25, -0.2) is 4.98 Å². The average Bonchev–Trinajstić information content (AvgIpc) is 3.12. The maximum absolute atomic E-state index is 12.6. The highest BCUT2D eigenvalue weighted by molar-refractivity contribution is 7.99. The minimum Gasteiger partial charge on any atom is -0.433 e. The summed E-state index contributed by atoms with van der Waals surface area (Å²) in [5.74, 6) is -0.274. The van der Waals surface area contributed by atoms with E-state index in [0.29, 0.717) is 0 Å². The van der Waals surface area contributed by atoms with Gasteiger partial charge < -0.3 is 10.1 Å². The van der Waals surface area contributed by atoms with Crippen molar-refractivity contribution < 1.29 is 18.3 Å². The van der Waals surface area contributed by atoms with Crippen molar-refractivity contribution in [1.82, 2.24) is 9.55 Å². The van der Waals surface area contributed by atoms with Crippen molar-refractivity contribution >= 4 is 23.4 Å². The average molecular weight is 429 g/mol. The molecule has 0 saturated heterocycles. The molecule has 0 aliphatic heterocycles. The van der Waals surface area contributed by atoms with Crippen molar-refractivity contribution in [3.8, 4) is 11.4 Å². The molecule has 0 bridgehead atoms. The molecule has 156 valence electrons. The Morgan fingerprint density at radius 2 is 1.83 bits per heavy atom. The fourth-order valence-corrected chi connectivity index (χ4v) is 4.39. The number of hydrogen-bond acceptors (Lipinski definition) is 4. The highest BCUT2D eigenvalue weighted by atomic mass is 32.2. The molecule has 1 aromatic heterocycles. The number of amides is 1. The van der Waals surface area contributed by atoms with Crippen molar-refractivity contribution in [1.29, 1.82) is 0 Å². The van der Waals surface area contributed by atoms with E-state index in [4.69, 9.17) is 4.98 Å². The van der Waals surface area contributed by atoms with Crippen LogP contribution in [0.1, 0.15) is 24.2 Å². The molecular weight excluding hydrogens is 408 g/mol. The smallest absolute Gasteiger partial charge is 0.387 e. The van der Waals surface area contributed by atoms with Crippen LogP contribution in [0.15, 0.2) is 59.8 Å². The van der Waals surface area contributed by atoms with E-state index in [1.54, 1.807) is 12.1 Å². The highest BCUT2D eigenvalue weighted by Gasteiger charge is 2.22. The predicted octanol–water partition coefficient (Wildman–Crippen LogP) is 5.08. The SMILES string of the molecule is O=C(CSc1nc2c(n1-c1ccccc1)CCCC2)Nc1ccccc1OC(F)F. The summed E-state index contributed by atoms with van der Waals surface area (Å²) in [7, 11) is 0. The number of rotatable bonds is 7. The van der Waals surface area contributed by atoms with E-state index in [1.807, 2.05) is 30.3 Å². The van der Waals surface area contributed by atoms with Crippen molar-refractivity contribution in [2.45, 2.75) is 37.5 Å². The number of aromatic nitrogens is 2. The quantitative estimate of drug-likeness (QED) is 0.532. The number of thioether (sulfide) groups is 1. The summed E-state index contributed by atoms with van der Waals surface area (Å²) in [5.41, 5.74) is 3.52. The molecule has 0 spiro atoms. The number of halogens is 2. The number of carbonyl (C=O) groups is 1. The lowest BCUT2D eigenvalue weighted by Crippen LogP contribution is -2.16. The van der Waals surface area contributed by atoms with Crippen molar-refractivity contribution in [3.63, 3.8) is 0 Å². The van der Waals surface area contributed by atoms with Crippen molar-refractivity contribution in [3.05, 3.63) is 66.0 Å². The van der Waals surface area contributed by atoms with Crippen LogP contribution in [-0.4, -0.2) is 27.8 Å². The van der Waals surface area contributed by atoms with Crippen LogP contribution in [0.4, 0.5) is 14.5 Å². The van der Waals surface area contributed by atoms with Crippen LogP contribution in [0.2, 0.25) is 0 Å². The summed E-state index contributed by atoms with van der Waals surface area (Å²) in [6.45, 7) is -2.96. The minimum absolute atomic E-state index is 0.0629. The number of nitrogens with zero attached hydrogens (tertiary/aromatic N) is 2. The largest absolute Gasteiger partial charge is 0.433 e. The van der Waals surface area contributed by atoms with E-state index in [-0.39, 0.29) is 23.1 Å². The second-order valence-corrected chi connectivity index (χ2v) is 7.82. The Bertz CT molecular complexity index is 1020. The molecule has 5 nitrogen and oxygen atoms in total. The standard InChI is InChI=1S/C22H21F2N3O2S/c23-21(24)29-19-13-7-5-11-17(19)25-20(28)14-30-22-26-16-10-4-6-12-18(16)27(22)15-8-2-1-3-9-15/h1-3,5,7-9,11,13,21H,4,6,10,12,14H2,(H,25,28). The molecule has 0 saturated carbocycles. The van der Waals surface area contributed by atoms with E-state index in [9.17, 15) is 13.6 Å². The predicted molar refractivity (Wildman–Crippen MR) is 113 cm³/mol. The fourth-order valence-electron chi connectivity index (χ4n) is 3.54. The Morgan fingerprint density at radius 1 is 1.10 bits per heavy atom. The molecule has 8 heteroatoms. The van der Waals surface area contributed by atoms with Gasteiger partial charge in [-0.1, -0.05) is 42.1 Å². The summed E-state index contributed by atoms with van der Waals surface area (Å²) < 4.78 is 31.7. The number of para-hydroxylation sites is 3. The van der Waals surface area contributed by atoms with Gasteiger partial charge in [0.2, 0.25) is 5.91 Å². The number of benzene rings is 2. The zero-order valence-electron chi connectivity index (χ0n) is 16.2. The number of aryl methyl sites for hydroxylation is 1. The van der Waals surface area contributed by atoms with Gasteiger partial charge in [0.05, 0.1) is 17.1 Å². The molecule has 0 fully saturated rings. The molecule has 1 amide bonds. The highest BCUT2D eigenvalue weighted by Crippen LogP contribution is 2.31. The summed E-state index contributed by atoms with van der Waals surface area (Å²) in [6.07, 6.45) is 4.14. The molecule has 0 atom stereocenters. The van der Waals surface area contributed by atoms with Gasteiger partial charge in [-0.15, -0.1) is 0 Å². The minimum atomic E-state index is -2.96. The molecular formula is C22H21F2N3O2S. The molecule has 1 aliphatic carbocycles. The third-order valence-corrected chi connectivity index (χ3v) is 5.76. The Kier molecular flexibility index (Phi) is 6.32. The van der Waals surface area contributed by atoms with Gasteiger partial charge in [0.25, 0.3) is 0 Å². The van der Waals surface area contributed by atoms with E-state index < -0.39 is 6.61 Å². The Balaban J connectivity index is 1.51. The lowest BCUT2D eigenvalue weighted by atomic mass is 10.0. The monoisotopic (exact) mass is 429 g/mol. The van der Waals surface area contributed by atoms with Crippen LogP contribution < -0.4 is 10.1 Å². The molecule has 1 N–H and O–H groups in total. The van der Waals surface area contributed by atoms with Gasteiger partial charge in [-0.3, -0.25) is 9.36 Å². The van der Waals surface area contributed by atoms with Crippen LogP contribution in [-0.2, 0) is 17.6 Å². The molecule has 1 aliphatic rings. The first-order valence-electron chi connectivity index (χ1n) is 9.74. The zero-order valence-corrected chi connectivity index (χ0v) is 17.0. The van der Waals surface area contributed by atoms with E-state index in [0.717, 1.165) is 42.2 Å². The number of fused-ring (bicyclic) bond motifs is 1. The van der Waals surface area contributed by atoms with Crippen molar-refractivity contribution in [2.24, 2.45) is 0 Å².